The van der Waals surface area contributed by atoms with Gasteiger partial charge in [-0.25, -0.2) is 0 Å². The Morgan fingerprint density at radius 1 is 1.18 bits per heavy atom. The summed E-state index contributed by atoms with van der Waals surface area (Å²) < 4.78 is 0. The molecule has 2 heterocycles. The number of rotatable bonds is 6. The van der Waals surface area contributed by atoms with Crippen LogP contribution in [0.4, 0.5) is 0 Å². The molecule has 0 aliphatic carbocycles. The molecular formula is C18H27N3O. The van der Waals surface area contributed by atoms with Crippen LogP contribution in [0.2, 0.25) is 0 Å². The van der Waals surface area contributed by atoms with Crippen LogP contribution in [0.15, 0.2) is 30.3 Å². The number of hydrogen-bond donors (Lipinski definition) is 2. The summed E-state index contributed by atoms with van der Waals surface area (Å²) in [6.45, 7) is 1.64. The molecule has 2 bridgehead atoms. The molecule has 2 aliphatic heterocycles. The lowest BCUT2D eigenvalue weighted by Crippen LogP contribution is -2.50. The Balaban J connectivity index is 1.54. The van der Waals surface area contributed by atoms with Gasteiger partial charge in [0.05, 0.1) is 0 Å². The van der Waals surface area contributed by atoms with Crippen molar-refractivity contribution in [1.29, 1.82) is 0 Å². The normalized spacial score (nSPS) is 27.8. The van der Waals surface area contributed by atoms with Gasteiger partial charge in [-0.2, -0.15) is 0 Å². The number of piperidine rings is 1. The lowest BCUT2D eigenvalue weighted by atomic mass is 9.96. The molecule has 22 heavy (non-hydrogen) atoms. The third kappa shape index (κ3) is 3.68. The zero-order chi connectivity index (χ0) is 15.4. The SMILES string of the molecule is NCCCC(=O)NC1CC2CCC(C1)N2Cc1ccccc1. The van der Waals surface area contributed by atoms with Crippen LogP contribution in [0, 0.1) is 0 Å². The second-order valence-electron chi connectivity index (χ2n) is 6.67. The Morgan fingerprint density at radius 3 is 2.50 bits per heavy atom. The predicted molar refractivity (Wildman–Crippen MR) is 88.2 cm³/mol. The molecular weight excluding hydrogens is 274 g/mol. The molecule has 2 saturated heterocycles. The van der Waals surface area contributed by atoms with Gasteiger partial charge in [-0.05, 0) is 44.2 Å². The molecule has 3 rings (SSSR count). The number of amides is 1. The minimum atomic E-state index is 0.173. The van der Waals surface area contributed by atoms with Crippen molar-refractivity contribution in [1.82, 2.24) is 10.2 Å². The van der Waals surface area contributed by atoms with E-state index in [2.05, 4.69) is 40.5 Å². The van der Waals surface area contributed by atoms with Gasteiger partial charge in [0.15, 0.2) is 0 Å². The third-order valence-electron chi connectivity index (χ3n) is 5.07. The number of nitrogens with zero attached hydrogens (tertiary/aromatic N) is 1. The Kier molecular flexibility index (Phi) is 5.11. The third-order valence-corrected chi connectivity index (χ3v) is 5.07. The summed E-state index contributed by atoms with van der Waals surface area (Å²) in [6.07, 6.45) is 6.08. The minimum Gasteiger partial charge on any atom is -0.353 e. The second kappa shape index (κ2) is 7.25. The fourth-order valence-corrected chi connectivity index (χ4v) is 4.01. The Morgan fingerprint density at radius 2 is 1.86 bits per heavy atom. The van der Waals surface area contributed by atoms with Gasteiger partial charge in [-0.15, -0.1) is 0 Å². The zero-order valence-corrected chi connectivity index (χ0v) is 13.2. The van der Waals surface area contributed by atoms with E-state index in [1.54, 1.807) is 0 Å². The van der Waals surface area contributed by atoms with Crippen molar-refractivity contribution >= 4 is 5.91 Å². The molecule has 1 aromatic rings. The van der Waals surface area contributed by atoms with E-state index in [9.17, 15) is 4.79 Å². The fraction of sp³-hybridized carbons (Fsp3) is 0.611. The smallest absolute Gasteiger partial charge is 0.220 e. The highest BCUT2D eigenvalue weighted by atomic mass is 16.1. The van der Waals surface area contributed by atoms with Crippen molar-refractivity contribution in [2.24, 2.45) is 5.73 Å². The van der Waals surface area contributed by atoms with Crippen LogP contribution in [0.5, 0.6) is 0 Å². The van der Waals surface area contributed by atoms with Crippen molar-refractivity contribution < 1.29 is 4.79 Å². The van der Waals surface area contributed by atoms with Gasteiger partial charge in [0.2, 0.25) is 5.91 Å². The van der Waals surface area contributed by atoms with Gasteiger partial charge in [-0.3, -0.25) is 9.69 Å². The summed E-state index contributed by atoms with van der Waals surface area (Å²) >= 11 is 0. The number of carbonyl (C=O) groups excluding carboxylic acids is 1. The number of hydrogen-bond acceptors (Lipinski definition) is 3. The molecule has 1 amide bonds. The van der Waals surface area contributed by atoms with Gasteiger partial charge in [0, 0.05) is 31.1 Å². The van der Waals surface area contributed by atoms with Crippen LogP contribution in [0.3, 0.4) is 0 Å². The summed E-state index contributed by atoms with van der Waals surface area (Å²) in [5.41, 5.74) is 6.86. The summed E-state index contributed by atoms with van der Waals surface area (Å²) in [6, 6.07) is 12.3. The maximum Gasteiger partial charge on any atom is 0.220 e. The molecule has 0 radical (unpaired) electrons. The van der Waals surface area contributed by atoms with E-state index in [-0.39, 0.29) is 5.91 Å². The Hall–Kier alpha value is -1.39. The molecule has 120 valence electrons. The van der Waals surface area contributed by atoms with Crippen molar-refractivity contribution in [3.63, 3.8) is 0 Å². The maximum absolute atomic E-state index is 11.9. The van der Waals surface area contributed by atoms with Crippen molar-refractivity contribution in [2.45, 2.75) is 63.2 Å². The predicted octanol–water partition coefficient (Wildman–Crippen LogP) is 2.04. The molecule has 2 aliphatic rings. The molecule has 2 atom stereocenters. The van der Waals surface area contributed by atoms with Crippen molar-refractivity contribution in [3.8, 4) is 0 Å². The number of benzene rings is 1. The van der Waals surface area contributed by atoms with E-state index in [1.807, 2.05) is 0 Å². The van der Waals surface area contributed by atoms with Crippen LogP contribution in [-0.2, 0) is 11.3 Å². The standard InChI is InChI=1S/C18H27N3O/c19-10-4-7-18(22)20-15-11-16-8-9-17(12-15)21(16)13-14-5-2-1-3-6-14/h1-3,5-6,15-17H,4,7-13,19H2,(H,20,22). The van der Waals surface area contributed by atoms with E-state index in [1.165, 1.54) is 18.4 Å². The molecule has 2 fully saturated rings. The van der Waals surface area contributed by atoms with Crippen LogP contribution in [-0.4, -0.2) is 35.5 Å². The van der Waals surface area contributed by atoms with Crippen LogP contribution < -0.4 is 11.1 Å². The molecule has 1 aromatic carbocycles. The summed E-state index contributed by atoms with van der Waals surface area (Å²) in [5.74, 6) is 0.173. The number of fused-ring (bicyclic) bond motifs is 2. The van der Waals surface area contributed by atoms with Crippen molar-refractivity contribution in [3.05, 3.63) is 35.9 Å². The Labute approximate surface area is 133 Å². The van der Waals surface area contributed by atoms with E-state index >= 15 is 0 Å². The summed E-state index contributed by atoms with van der Waals surface area (Å²) in [4.78, 5) is 14.5. The zero-order valence-electron chi connectivity index (χ0n) is 13.2. The van der Waals surface area contributed by atoms with E-state index in [0.717, 1.165) is 25.8 Å². The lowest BCUT2D eigenvalue weighted by molar-refractivity contribution is -0.122. The molecule has 4 heteroatoms. The summed E-state index contributed by atoms with van der Waals surface area (Å²) in [7, 11) is 0. The number of carbonyl (C=O) groups is 1. The van der Waals surface area contributed by atoms with Gasteiger partial charge in [0.1, 0.15) is 0 Å². The number of nitrogens with two attached hydrogens (primary N) is 1. The largest absolute Gasteiger partial charge is 0.353 e. The maximum atomic E-state index is 11.9. The average Bonchev–Trinajstić information content (AvgIpc) is 2.76. The second-order valence-corrected chi connectivity index (χ2v) is 6.67. The first kappa shape index (κ1) is 15.5. The van der Waals surface area contributed by atoms with E-state index in [4.69, 9.17) is 5.73 Å². The first-order chi connectivity index (χ1) is 10.8. The van der Waals surface area contributed by atoms with Gasteiger partial charge < -0.3 is 11.1 Å². The van der Waals surface area contributed by atoms with Gasteiger partial charge in [0.25, 0.3) is 0 Å². The molecule has 0 aromatic heterocycles. The van der Waals surface area contributed by atoms with Crippen LogP contribution >= 0.6 is 0 Å². The molecule has 0 spiro atoms. The van der Waals surface area contributed by atoms with E-state index < -0.39 is 0 Å². The van der Waals surface area contributed by atoms with Crippen LogP contribution in [0.1, 0.15) is 44.1 Å². The highest BCUT2D eigenvalue weighted by molar-refractivity contribution is 5.76. The fourth-order valence-electron chi connectivity index (χ4n) is 4.01. The Bertz CT molecular complexity index is 476. The topological polar surface area (TPSA) is 58.4 Å². The molecule has 3 N–H and O–H groups in total. The lowest BCUT2D eigenvalue weighted by Gasteiger charge is -2.39. The summed E-state index contributed by atoms with van der Waals surface area (Å²) in [5, 5.41) is 3.22. The van der Waals surface area contributed by atoms with Gasteiger partial charge >= 0.3 is 0 Å². The number of nitrogens with one attached hydrogen (secondary N) is 1. The minimum absolute atomic E-state index is 0.173. The van der Waals surface area contributed by atoms with E-state index in [0.29, 0.717) is 31.1 Å². The average molecular weight is 301 g/mol. The van der Waals surface area contributed by atoms with Gasteiger partial charge in [-0.1, -0.05) is 30.3 Å². The molecule has 2 unspecified atom stereocenters. The van der Waals surface area contributed by atoms with Crippen LogP contribution in [0.25, 0.3) is 0 Å². The highest BCUT2D eigenvalue weighted by Crippen LogP contribution is 2.36. The monoisotopic (exact) mass is 301 g/mol. The highest BCUT2D eigenvalue weighted by Gasteiger charge is 2.40. The quantitative estimate of drug-likeness (QED) is 0.845. The first-order valence-corrected chi connectivity index (χ1v) is 8.55. The van der Waals surface area contributed by atoms with Crippen molar-refractivity contribution in [2.75, 3.05) is 6.54 Å². The molecule has 4 nitrogen and oxygen atoms in total. The molecule has 0 saturated carbocycles. The first-order valence-electron chi connectivity index (χ1n) is 8.55.